The molecular weight excluding hydrogens is 324 g/mol. The van der Waals surface area contributed by atoms with E-state index in [1.54, 1.807) is 0 Å². The predicted octanol–water partition coefficient (Wildman–Crippen LogP) is 3.74. The molecule has 2 aromatic rings. The lowest BCUT2D eigenvalue weighted by molar-refractivity contribution is -0.123. The van der Waals surface area contributed by atoms with Crippen LogP contribution < -0.4 is 10.1 Å². The Kier molecular flexibility index (Phi) is 6.81. The summed E-state index contributed by atoms with van der Waals surface area (Å²) in [5, 5.41) is 2.96. The number of carbonyl (C=O) groups is 1. The van der Waals surface area contributed by atoms with Crippen molar-refractivity contribution in [2.75, 3.05) is 20.7 Å². The first kappa shape index (κ1) is 20.0. The van der Waals surface area contributed by atoms with Crippen LogP contribution in [-0.4, -0.2) is 31.5 Å². The van der Waals surface area contributed by atoms with Gasteiger partial charge in [0, 0.05) is 13.1 Å². The van der Waals surface area contributed by atoms with Crippen LogP contribution in [0.25, 0.3) is 0 Å². The van der Waals surface area contributed by atoms with E-state index in [1.165, 1.54) is 5.56 Å². The first-order valence-electron chi connectivity index (χ1n) is 8.98. The van der Waals surface area contributed by atoms with Crippen LogP contribution in [0, 0.1) is 0 Å². The molecule has 2 rings (SSSR count). The Morgan fingerprint density at radius 3 is 2.27 bits per heavy atom. The van der Waals surface area contributed by atoms with Gasteiger partial charge in [0.2, 0.25) is 0 Å². The van der Waals surface area contributed by atoms with E-state index in [1.807, 2.05) is 50.5 Å². The average Bonchev–Trinajstić information content (AvgIpc) is 2.58. The van der Waals surface area contributed by atoms with Crippen molar-refractivity contribution in [2.45, 2.75) is 39.3 Å². The highest BCUT2D eigenvalue weighted by Crippen LogP contribution is 2.30. The normalized spacial score (nSPS) is 11.5. The molecular formula is C22H30N2O2. The van der Waals surface area contributed by atoms with Crippen LogP contribution in [-0.2, 0) is 23.3 Å². The number of para-hydroxylation sites is 1. The largest absolute Gasteiger partial charge is 0.483 e. The zero-order chi connectivity index (χ0) is 19.2. The topological polar surface area (TPSA) is 41.6 Å². The van der Waals surface area contributed by atoms with E-state index >= 15 is 0 Å². The molecule has 1 amide bonds. The highest BCUT2D eigenvalue weighted by Gasteiger charge is 2.18. The first-order chi connectivity index (χ1) is 12.3. The summed E-state index contributed by atoms with van der Waals surface area (Å²) in [5.41, 5.74) is 3.42. The molecule has 0 fully saturated rings. The Labute approximate surface area is 157 Å². The van der Waals surface area contributed by atoms with Crippen LogP contribution in [0.2, 0.25) is 0 Å². The second kappa shape index (κ2) is 8.86. The number of hydrogen-bond donors (Lipinski definition) is 1. The molecule has 0 spiro atoms. The summed E-state index contributed by atoms with van der Waals surface area (Å²) in [7, 11) is 4.08. The molecule has 0 heterocycles. The van der Waals surface area contributed by atoms with Crippen LogP contribution in [0.15, 0.2) is 48.5 Å². The number of ether oxygens (including phenoxy) is 1. The van der Waals surface area contributed by atoms with Crippen LogP contribution in [0.5, 0.6) is 5.75 Å². The number of benzene rings is 2. The van der Waals surface area contributed by atoms with Crippen molar-refractivity contribution in [3.05, 3.63) is 65.2 Å². The maximum Gasteiger partial charge on any atom is 0.258 e. The standard InChI is InChI=1S/C22H30N2O2/c1-22(2,3)19-12-8-9-13-20(19)26-16-21(25)23-14-17-10-6-7-11-18(17)15-24(4)5/h6-13H,14-16H2,1-5H3,(H,23,25). The van der Waals surface area contributed by atoms with Crippen LogP contribution in [0.4, 0.5) is 0 Å². The van der Waals surface area contributed by atoms with Gasteiger partial charge in [0.1, 0.15) is 5.75 Å². The minimum Gasteiger partial charge on any atom is -0.483 e. The number of nitrogens with zero attached hydrogens (tertiary/aromatic N) is 1. The Bertz CT molecular complexity index is 733. The molecule has 0 saturated heterocycles. The molecule has 0 aliphatic heterocycles. The average molecular weight is 354 g/mol. The Balaban J connectivity index is 1.93. The van der Waals surface area contributed by atoms with Gasteiger partial charge in [0.25, 0.3) is 5.91 Å². The van der Waals surface area contributed by atoms with E-state index in [0.29, 0.717) is 6.54 Å². The summed E-state index contributed by atoms with van der Waals surface area (Å²) in [6.07, 6.45) is 0. The van der Waals surface area contributed by atoms with Crippen molar-refractivity contribution in [1.29, 1.82) is 0 Å². The quantitative estimate of drug-likeness (QED) is 0.823. The van der Waals surface area contributed by atoms with Crippen molar-refractivity contribution in [1.82, 2.24) is 10.2 Å². The summed E-state index contributed by atoms with van der Waals surface area (Å²) in [6, 6.07) is 16.1. The maximum atomic E-state index is 12.2. The van der Waals surface area contributed by atoms with Crippen LogP contribution in [0.3, 0.4) is 0 Å². The van der Waals surface area contributed by atoms with Crippen molar-refractivity contribution in [3.63, 3.8) is 0 Å². The minimum absolute atomic E-state index is 0.0168. The smallest absolute Gasteiger partial charge is 0.258 e. The third-order valence-corrected chi connectivity index (χ3v) is 4.13. The van der Waals surface area contributed by atoms with Gasteiger partial charge in [-0.25, -0.2) is 0 Å². The molecule has 0 bridgehead atoms. The maximum absolute atomic E-state index is 12.2. The van der Waals surface area contributed by atoms with E-state index < -0.39 is 0 Å². The van der Waals surface area contributed by atoms with E-state index in [0.717, 1.165) is 23.4 Å². The summed E-state index contributed by atoms with van der Waals surface area (Å²) >= 11 is 0. The number of hydrogen-bond acceptors (Lipinski definition) is 3. The van der Waals surface area contributed by atoms with Gasteiger partial charge in [-0.05, 0) is 42.3 Å². The number of nitrogens with one attached hydrogen (secondary N) is 1. The molecule has 0 aliphatic rings. The highest BCUT2D eigenvalue weighted by molar-refractivity contribution is 5.77. The fourth-order valence-electron chi connectivity index (χ4n) is 2.83. The summed E-state index contributed by atoms with van der Waals surface area (Å²) < 4.78 is 5.79. The lowest BCUT2D eigenvalue weighted by Crippen LogP contribution is -2.29. The zero-order valence-electron chi connectivity index (χ0n) is 16.5. The molecule has 140 valence electrons. The molecule has 0 aliphatic carbocycles. The van der Waals surface area contributed by atoms with Gasteiger partial charge in [-0.15, -0.1) is 0 Å². The summed E-state index contributed by atoms with van der Waals surface area (Å²) in [4.78, 5) is 14.4. The fourth-order valence-corrected chi connectivity index (χ4v) is 2.83. The van der Waals surface area contributed by atoms with E-state index in [4.69, 9.17) is 4.74 Å². The molecule has 0 saturated carbocycles. The Morgan fingerprint density at radius 2 is 1.62 bits per heavy atom. The first-order valence-corrected chi connectivity index (χ1v) is 8.98. The molecule has 0 atom stereocenters. The monoisotopic (exact) mass is 354 g/mol. The molecule has 4 heteroatoms. The van der Waals surface area contributed by atoms with Gasteiger partial charge in [-0.3, -0.25) is 4.79 Å². The van der Waals surface area contributed by atoms with Crippen LogP contribution in [0.1, 0.15) is 37.5 Å². The SMILES string of the molecule is CN(C)Cc1ccccc1CNC(=O)COc1ccccc1C(C)(C)C. The van der Waals surface area contributed by atoms with Crippen molar-refractivity contribution in [2.24, 2.45) is 0 Å². The van der Waals surface area contributed by atoms with Gasteiger partial charge in [-0.2, -0.15) is 0 Å². The number of rotatable bonds is 7. The van der Waals surface area contributed by atoms with Gasteiger partial charge in [0.15, 0.2) is 6.61 Å². The Hall–Kier alpha value is -2.33. The fraction of sp³-hybridized carbons (Fsp3) is 0.409. The predicted molar refractivity (Wildman–Crippen MR) is 106 cm³/mol. The third-order valence-electron chi connectivity index (χ3n) is 4.13. The third kappa shape index (κ3) is 5.88. The summed E-state index contributed by atoms with van der Waals surface area (Å²) in [6.45, 7) is 7.78. The van der Waals surface area contributed by atoms with E-state index in [-0.39, 0.29) is 17.9 Å². The van der Waals surface area contributed by atoms with Crippen molar-refractivity contribution in [3.8, 4) is 5.75 Å². The molecule has 4 nitrogen and oxygen atoms in total. The van der Waals surface area contributed by atoms with E-state index in [9.17, 15) is 4.79 Å². The van der Waals surface area contributed by atoms with E-state index in [2.05, 4.69) is 43.1 Å². The minimum atomic E-state index is -0.117. The van der Waals surface area contributed by atoms with Crippen LogP contribution >= 0.6 is 0 Å². The molecule has 26 heavy (non-hydrogen) atoms. The molecule has 2 aromatic carbocycles. The molecule has 0 aromatic heterocycles. The van der Waals surface area contributed by atoms with Gasteiger partial charge in [0.05, 0.1) is 0 Å². The second-order valence-electron chi connectivity index (χ2n) is 7.82. The zero-order valence-corrected chi connectivity index (χ0v) is 16.5. The van der Waals surface area contributed by atoms with Gasteiger partial charge in [-0.1, -0.05) is 63.2 Å². The van der Waals surface area contributed by atoms with Gasteiger partial charge < -0.3 is 15.0 Å². The molecule has 0 unspecified atom stereocenters. The molecule has 1 N–H and O–H groups in total. The Morgan fingerprint density at radius 1 is 1.00 bits per heavy atom. The van der Waals surface area contributed by atoms with Crippen molar-refractivity contribution >= 4 is 5.91 Å². The summed E-state index contributed by atoms with van der Waals surface area (Å²) in [5.74, 6) is 0.650. The second-order valence-corrected chi connectivity index (χ2v) is 7.82. The number of carbonyl (C=O) groups excluding carboxylic acids is 1. The lowest BCUT2D eigenvalue weighted by atomic mass is 9.86. The number of amides is 1. The van der Waals surface area contributed by atoms with Gasteiger partial charge >= 0.3 is 0 Å². The van der Waals surface area contributed by atoms with Crippen molar-refractivity contribution < 1.29 is 9.53 Å². The molecule has 0 radical (unpaired) electrons. The highest BCUT2D eigenvalue weighted by atomic mass is 16.5. The lowest BCUT2D eigenvalue weighted by Gasteiger charge is -2.22.